The standard InChI is InChI=1S/C14H20BrN3/c1-2-10-4-3-7-18(9-10)11-5-6-12(14(16)17)13(15)8-11/h5-6,8,10H,2-4,7,9H2,1H3,(H3,16,17). The van der Waals surface area contributed by atoms with Gasteiger partial charge in [-0.05, 0) is 52.9 Å². The van der Waals surface area contributed by atoms with E-state index in [9.17, 15) is 0 Å². The lowest BCUT2D eigenvalue weighted by atomic mass is 9.95. The van der Waals surface area contributed by atoms with Gasteiger partial charge in [0.2, 0.25) is 0 Å². The molecule has 0 spiro atoms. The molecule has 1 atom stereocenters. The molecule has 3 nitrogen and oxygen atoms in total. The molecule has 1 saturated heterocycles. The molecule has 1 aliphatic rings. The number of nitrogens with two attached hydrogens (primary N) is 1. The molecule has 0 aromatic heterocycles. The van der Waals surface area contributed by atoms with Crippen molar-refractivity contribution in [3.63, 3.8) is 0 Å². The topological polar surface area (TPSA) is 53.1 Å². The van der Waals surface area contributed by atoms with Crippen molar-refractivity contribution in [3.8, 4) is 0 Å². The second-order valence-corrected chi connectivity index (χ2v) is 5.79. The molecule has 1 heterocycles. The van der Waals surface area contributed by atoms with E-state index in [2.05, 4.69) is 39.9 Å². The third kappa shape index (κ3) is 2.86. The molecule has 0 bridgehead atoms. The van der Waals surface area contributed by atoms with E-state index in [0.717, 1.165) is 29.0 Å². The number of nitrogen functional groups attached to an aromatic ring is 1. The van der Waals surface area contributed by atoms with Gasteiger partial charge in [-0.1, -0.05) is 13.3 Å². The maximum absolute atomic E-state index is 7.49. The first kappa shape index (κ1) is 13.4. The van der Waals surface area contributed by atoms with Crippen LogP contribution in [0.4, 0.5) is 5.69 Å². The molecule has 0 radical (unpaired) electrons. The lowest BCUT2D eigenvalue weighted by Gasteiger charge is -2.34. The van der Waals surface area contributed by atoms with Crippen molar-refractivity contribution in [2.45, 2.75) is 26.2 Å². The fourth-order valence-corrected chi connectivity index (χ4v) is 3.13. The van der Waals surface area contributed by atoms with Crippen LogP contribution in [0.2, 0.25) is 0 Å². The van der Waals surface area contributed by atoms with Crippen molar-refractivity contribution in [1.29, 1.82) is 5.41 Å². The van der Waals surface area contributed by atoms with Crippen molar-refractivity contribution in [2.75, 3.05) is 18.0 Å². The molecule has 1 aliphatic heterocycles. The number of nitrogens with one attached hydrogen (secondary N) is 1. The predicted octanol–water partition coefficient (Wildman–Crippen LogP) is 3.36. The minimum absolute atomic E-state index is 0.110. The van der Waals surface area contributed by atoms with Crippen LogP contribution in [0.1, 0.15) is 31.7 Å². The fourth-order valence-electron chi connectivity index (χ4n) is 2.55. The predicted molar refractivity (Wildman–Crippen MR) is 80.4 cm³/mol. The van der Waals surface area contributed by atoms with Crippen molar-refractivity contribution < 1.29 is 0 Å². The third-order valence-corrected chi connectivity index (χ3v) is 4.36. The van der Waals surface area contributed by atoms with Gasteiger partial charge in [-0.3, -0.25) is 5.41 Å². The quantitative estimate of drug-likeness (QED) is 0.664. The fraction of sp³-hybridized carbons (Fsp3) is 0.500. The first-order valence-electron chi connectivity index (χ1n) is 6.50. The number of amidine groups is 1. The van der Waals surface area contributed by atoms with Crippen molar-refractivity contribution in [1.82, 2.24) is 0 Å². The number of hydrogen-bond donors (Lipinski definition) is 2. The van der Waals surface area contributed by atoms with Gasteiger partial charge in [0.15, 0.2) is 0 Å². The van der Waals surface area contributed by atoms with Crippen LogP contribution in [-0.4, -0.2) is 18.9 Å². The molecule has 4 heteroatoms. The molecule has 0 saturated carbocycles. The monoisotopic (exact) mass is 309 g/mol. The second-order valence-electron chi connectivity index (χ2n) is 4.94. The summed E-state index contributed by atoms with van der Waals surface area (Å²) < 4.78 is 0.908. The molecule has 3 N–H and O–H groups in total. The summed E-state index contributed by atoms with van der Waals surface area (Å²) in [6, 6.07) is 6.08. The average Bonchev–Trinajstić information content (AvgIpc) is 2.38. The van der Waals surface area contributed by atoms with Gasteiger partial charge in [0.1, 0.15) is 5.84 Å². The minimum Gasteiger partial charge on any atom is -0.384 e. The van der Waals surface area contributed by atoms with Crippen molar-refractivity contribution in [2.24, 2.45) is 11.7 Å². The van der Waals surface area contributed by atoms with Gasteiger partial charge in [-0.2, -0.15) is 0 Å². The van der Waals surface area contributed by atoms with E-state index in [0.29, 0.717) is 0 Å². The normalized spacial score (nSPS) is 19.9. The number of nitrogens with zero attached hydrogens (tertiary/aromatic N) is 1. The summed E-state index contributed by atoms with van der Waals surface area (Å²) in [4.78, 5) is 2.44. The first-order chi connectivity index (χ1) is 8.61. The van der Waals surface area contributed by atoms with E-state index in [1.165, 1.54) is 24.9 Å². The Labute approximate surface area is 117 Å². The van der Waals surface area contributed by atoms with E-state index in [4.69, 9.17) is 11.1 Å². The summed E-state index contributed by atoms with van der Waals surface area (Å²) in [6.07, 6.45) is 3.87. The lowest BCUT2D eigenvalue weighted by Crippen LogP contribution is -2.35. The van der Waals surface area contributed by atoms with Crippen LogP contribution in [0.15, 0.2) is 22.7 Å². The molecular weight excluding hydrogens is 290 g/mol. The van der Waals surface area contributed by atoms with Gasteiger partial charge >= 0.3 is 0 Å². The zero-order valence-electron chi connectivity index (χ0n) is 10.7. The number of halogens is 1. The molecule has 1 aromatic rings. The van der Waals surface area contributed by atoms with E-state index in [-0.39, 0.29) is 5.84 Å². The smallest absolute Gasteiger partial charge is 0.123 e. The molecule has 1 unspecified atom stereocenters. The van der Waals surface area contributed by atoms with Gasteiger partial charge < -0.3 is 10.6 Å². The van der Waals surface area contributed by atoms with E-state index < -0.39 is 0 Å². The Balaban J connectivity index is 2.18. The van der Waals surface area contributed by atoms with Crippen LogP contribution in [0.5, 0.6) is 0 Å². The lowest BCUT2D eigenvalue weighted by molar-refractivity contribution is 0.404. The Hall–Kier alpha value is -1.03. The molecule has 2 rings (SSSR count). The summed E-state index contributed by atoms with van der Waals surface area (Å²) in [5.74, 6) is 0.920. The van der Waals surface area contributed by atoms with Crippen LogP contribution in [-0.2, 0) is 0 Å². The van der Waals surface area contributed by atoms with Crippen LogP contribution >= 0.6 is 15.9 Å². The Kier molecular flexibility index (Phi) is 4.27. The number of benzene rings is 1. The van der Waals surface area contributed by atoms with Gasteiger partial charge in [0, 0.05) is 28.8 Å². The molecular formula is C14H20BrN3. The highest BCUT2D eigenvalue weighted by molar-refractivity contribution is 9.10. The largest absolute Gasteiger partial charge is 0.384 e. The molecule has 1 fully saturated rings. The molecule has 1 aromatic carbocycles. The number of rotatable bonds is 3. The summed E-state index contributed by atoms with van der Waals surface area (Å²) in [6.45, 7) is 4.54. The van der Waals surface area contributed by atoms with Crippen LogP contribution in [0, 0.1) is 11.3 Å². The van der Waals surface area contributed by atoms with Crippen LogP contribution in [0.3, 0.4) is 0 Å². The molecule has 0 aliphatic carbocycles. The van der Waals surface area contributed by atoms with Crippen LogP contribution < -0.4 is 10.6 Å². The molecule has 98 valence electrons. The Bertz CT molecular complexity index is 445. The van der Waals surface area contributed by atoms with Gasteiger partial charge in [0.05, 0.1) is 0 Å². The van der Waals surface area contributed by atoms with Gasteiger partial charge in [-0.15, -0.1) is 0 Å². The Morgan fingerprint density at radius 2 is 2.33 bits per heavy atom. The maximum Gasteiger partial charge on any atom is 0.123 e. The van der Waals surface area contributed by atoms with Crippen molar-refractivity contribution in [3.05, 3.63) is 28.2 Å². The minimum atomic E-state index is 0.110. The average molecular weight is 310 g/mol. The highest BCUT2D eigenvalue weighted by Gasteiger charge is 2.19. The highest BCUT2D eigenvalue weighted by Crippen LogP contribution is 2.28. The summed E-state index contributed by atoms with van der Waals surface area (Å²) in [5.41, 5.74) is 7.52. The third-order valence-electron chi connectivity index (χ3n) is 3.70. The van der Waals surface area contributed by atoms with E-state index in [1.54, 1.807) is 0 Å². The van der Waals surface area contributed by atoms with E-state index >= 15 is 0 Å². The molecule has 0 amide bonds. The van der Waals surface area contributed by atoms with Crippen molar-refractivity contribution >= 4 is 27.5 Å². The number of piperidine rings is 1. The zero-order valence-corrected chi connectivity index (χ0v) is 12.3. The Morgan fingerprint density at radius 3 is 2.94 bits per heavy atom. The van der Waals surface area contributed by atoms with E-state index in [1.807, 2.05) is 6.07 Å². The van der Waals surface area contributed by atoms with Crippen LogP contribution in [0.25, 0.3) is 0 Å². The van der Waals surface area contributed by atoms with Gasteiger partial charge in [0.25, 0.3) is 0 Å². The maximum atomic E-state index is 7.49. The zero-order chi connectivity index (χ0) is 13.1. The second kappa shape index (κ2) is 5.74. The summed E-state index contributed by atoms with van der Waals surface area (Å²) in [7, 11) is 0. The number of hydrogen-bond acceptors (Lipinski definition) is 2. The highest BCUT2D eigenvalue weighted by atomic mass is 79.9. The molecule has 18 heavy (non-hydrogen) atoms. The number of anilines is 1. The van der Waals surface area contributed by atoms with Gasteiger partial charge in [-0.25, -0.2) is 0 Å². The SMILES string of the molecule is CCC1CCCN(c2ccc(C(=N)N)c(Br)c2)C1. The summed E-state index contributed by atoms with van der Waals surface area (Å²) >= 11 is 3.50. The summed E-state index contributed by atoms with van der Waals surface area (Å²) in [5, 5.41) is 7.49. The Morgan fingerprint density at radius 1 is 1.56 bits per heavy atom. The first-order valence-corrected chi connectivity index (χ1v) is 7.30.